The SMILES string of the molecule is C[C@@H]1[C@H](CSc2ncn[nH]2)O[C@H](c2ccc(-c3ccccc3CNS(=O)(=O)c3ccccc3)cc2)O[C@@H]1c1ccc(CO)cc1. The predicted octanol–water partition coefficient (Wildman–Crippen LogP) is 6.03. The van der Waals surface area contributed by atoms with Crippen LogP contribution in [0.1, 0.15) is 41.6 Å². The molecule has 2 heterocycles. The Morgan fingerprint density at radius 2 is 1.60 bits per heavy atom. The molecule has 5 aromatic rings. The molecular formula is C34H34N4O5S2. The number of aliphatic hydroxyl groups excluding tert-OH is 1. The average molecular weight is 643 g/mol. The summed E-state index contributed by atoms with van der Waals surface area (Å²) < 4.78 is 41.5. The summed E-state index contributed by atoms with van der Waals surface area (Å²) in [5.41, 5.74) is 5.48. The van der Waals surface area contributed by atoms with Crippen LogP contribution in [0.2, 0.25) is 0 Å². The molecule has 0 spiro atoms. The first-order valence-corrected chi connectivity index (χ1v) is 17.1. The van der Waals surface area contributed by atoms with E-state index in [1.54, 1.807) is 42.1 Å². The molecular weight excluding hydrogens is 609 g/mol. The van der Waals surface area contributed by atoms with Crippen molar-refractivity contribution in [2.75, 3.05) is 5.75 Å². The third-order valence-corrected chi connectivity index (χ3v) is 10.3. The highest BCUT2D eigenvalue weighted by Crippen LogP contribution is 2.43. The van der Waals surface area contributed by atoms with E-state index in [0.717, 1.165) is 38.5 Å². The van der Waals surface area contributed by atoms with Crippen molar-refractivity contribution in [1.29, 1.82) is 0 Å². The molecule has 0 aliphatic carbocycles. The van der Waals surface area contributed by atoms with Crippen LogP contribution < -0.4 is 4.72 Å². The molecule has 0 amide bonds. The Balaban J connectivity index is 1.22. The molecule has 0 saturated carbocycles. The van der Waals surface area contributed by atoms with Gasteiger partial charge in [-0.05, 0) is 39.9 Å². The first-order valence-electron chi connectivity index (χ1n) is 14.6. The van der Waals surface area contributed by atoms with Crippen molar-refractivity contribution in [1.82, 2.24) is 19.9 Å². The summed E-state index contributed by atoms with van der Waals surface area (Å²) in [6.45, 7) is 2.26. The van der Waals surface area contributed by atoms with Gasteiger partial charge in [-0.1, -0.05) is 110 Å². The number of hydrogen-bond donors (Lipinski definition) is 3. The molecule has 1 fully saturated rings. The lowest BCUT2D eigenvalue weighted by molar-refractivity contribution is -0.268. The summed E-state index contributed by atoms with van der Waals surface area (Å²) in [5.74, 6) is 0.702. The Morgan fingerprint density at radius 3 is 2.31 bits per heavy atom. The summed E-state index contributed by atoms with van der Waals surface area (Å²) >= 11 is 1.55. The first kappa shape index (κ1) is 31.2. The van der Waals surface area contributed by atoms with Gasteiger partial charge < -0.3 is 14.6 Å². The average Bonchev–Trinajstić information content (AvgIpc) is 3.62. The number of aromatic nitrogens is 3. The summed E-state index contributed by atoms with van der Waals surface area (Å²) in [7, 11) is -3.65. The van der Waals surface area contributed by atoms with Crippen LogP contribution in [-0.2, 0) is 32.6 Å². The van der Waals surface area contributed by atoms with Crippen LogP contribution in [0.3, 0.4) is 0 Å². The van der Waals surface area contributed by atoms with E-state index in [2.05, 4.69) is 26.8 Å². The summed E-state index contributed by atoms with van der Waals surface area (Å²) in [6.07, 6.45) is 0.517. The standard InChI is InChI=1S/C34H34N4O5S2/c1-23-31(21-44-34-35-22-36-38-34)42-33(43-32(23)26-13-11-24(20-39)12-14-26)27-17-15-25(16-18-27)30-10-6-5-7-28(30)19-37-45(40,41)29-8-3-2-4-9-29/h2-18,22-23,31-33,37,39H,19-21H2,1H3,(H,35,36,38)/t23-,31+,32+,33+/m1/s1. The zero-order valence-electron chi connectivity index (χ0n) is 24.6. The van der Waals surface area contributed by atoms with E-state index in [1.807, 2.05) is 72.8 Å². The predicted molar refractivity (Wildman–Crippen MR) is 172 cm³/mol. The molecule has 4 aromatic carbocycles. The molecule has 1 saturated heterocycles. The maximum Gasteiger partial charge on any atom is 0.240 e. The molecule has 9 nitrogen and oxygen atoms in total. The van der Waals surface area contributed by atoms with Crippen LogP contribution in [-0.4, -0.2) is 40.6 Å². The molecule has 45 heavy (non-hydrogen) atoms. The second-order valence-electron chi connectivity index (χ2n) is 10.8. The summed E-state index contributed by atoms with van der Waals surface area (Å²) in [5, 5.41) is 17.1. The maximum absolute atomic E-state index is 12.8. The highest BCUT2D eigenvalue weighted by atomic mass is 32.2. The molecule has 6 rings (SSSR count). The minimum atomic E-state index is -3.65. The molecule has 0 bridgehead atoms. The van der Waals surface area contributed by atoms with Gasteiger partial charge in [-0.3, -0.25) is 5.10 Å². The van der Waals surface area contributed by atoms with Gasteiger partial charge >= 0.3 is 0 Å². The fourth-order valence-corrected chi connectivity index (χ4v) is 7.34. The van der Waals surface area contributed by atoms with Crippen molar-refractivity contribution in [3.05, 3.63) is 132 Å². The zero-order chi connectivity index (χ0) is 31.2. The maximum atomic E-state index is 12.8. The lowest BCUT2D eigenvalue weighted by Crippen LogP contribution is -2.38. The number of rotatable bonds is 11. The number of ether oxygens (including phenoxy) is 2. The fraction of sp³-hybridized carbons (Fsp3) is 0.235. The van der Waals surface area contributed by atoms with Crippen LogP contribution in [0.15, 0.2) is 120 Å². The number of benzene rings is 4. The smallest absolute Gasteiger partial charge is 0.240 e. The topological polar surface area (TPSA) is 126 Å². The Hall–Kier alpha value is -3.84. The van der Waals surface area contributed by atoms with Gasteiger partial charge in [0.25, 0.3) is 0 Å². The summed E-state index contributed by atoms with van der Waals surface area (Å²) in [4.78, 5) is 4.46. The third kappa shape index (κ3) is 7.36. The van der Waals surface area contributed by atoms with E-state index in [4.69, 9.17) is 9.47 Å². The van der Waals surface area contributed by atoms with E-state index < -0.39 is 16.3 Å². The van der Waals surface area contributed by atoms with Gasteiger partial charge in [-0.15, -0.1) is 0 Å². The van der Waals surface area contributed by atoms with Gasteiger partial charge in [-0.25, -0.2) is 18.1 Å². The Labute approximate surface area is 267 Å². The van der Waals surface area contributed by atoms with Crippen molar-refractivity contribution in [2.45, 2.75) is 48.6 Å². The lowest BCUT2D eigenvalue weighted by atomic mass is 9.91. The minimum Gasteiger partial charge on any atom is -0.392 e. The van der Waals surface area contributed by atoms with Crippen molar-refractivity contribution in [3.63, 3.8) is 0 Å². The van der Waals surface area contributed by atoms with Crippen LogP contribution in [0.4, 0.5) is 0 Å². The number of nitrogens with one attached hydrogen (secondary N) is 2. The lowest BCUT2D eigenvalue weighted by Gasteiger charge is -2.41. The number of aliphatic hydroxyl groups is 1. The highest BCUT2D eigenvalue weighted by molar-refractivity contribution is 7.99. The molecule has 4 atom stereocenters. The van der Waals surface area contributed by atoms with Crippen molar-refractivity contribution >= 4 is 21.8 Å². The Kier molecular flexibility index (Phi) is 9.74. The van der Waals surface area contributed by atoms with Crippen LogP contribution >= 0.6 is 11.8 Å². The number of H-pyrrole nitrogens is 1. The zero-order valence-corrected chi connectivity index (χ0v) is 26.2. The molecule has 3 N–H and O–H groups in total. The number of hydrogen-bond acceptors (Lipinski definition) is 8. The largest absolute Gasteiger partial charge is 0.392 e. The van der Waals surface area contributed by atoms with Crippen molar-refractivity contribution in [3.8, 4) is 11.1 Å². The second-order valence-corrected chi connectivity index (χ2v) is 13.6. The monoisotopic (exact) mass is 642 g/mol. The molecule has 0 unspecified atom stereocenters. The van der Waals surface area contributed by atoms with E-state index in [0.29, 0.717) is 5.75 Å². The number of nitrogens with zero attached hydrogens (tertiary/aromatic N) is 2. The second kappa shape index (κ2) is 14.1. The molecule has 232 valence electrons. The van der Waals surface area contributed by atoms with Crippen LogP contribution in [0.25, 0.3) is 11.1 Å². The molecule has 11 heteroatoms. The van der Waals surface area contributed by atoms with E-state index in [1.165, 1.54) is 6.33 Å². The number of thioether (sulfide) groups is 1. The van der Waals surface area contributed by atoms with Gasteiger partial charge in [-0.2, -0.15) is 5.10 Å². The normalized spacial score (nSPS) is 20.2. The van der Waals surface area contributed by atoms with Gasteiger partial charge in [0, 0.05) is 23.8 Å². The Bertz CT molecular complexity index is 1790. The quantitative estimate of drug-likeness (QED) is 0.149. The number of sulfonamides is 1. The van der Waals surface area contributed by atoms with Crippen LogP contribution in [0, 0.1) is 5.92 Å². The molecule has 1 aliphatic heterocycles. The summed E-state index contributed by atoms with van der Waals surface area (Å²) in [6, 6.07) is 31.9. The van der Waals surface area contributed by atoms with Crippen LogP contribution in [0.5, 0.6) is 0 Å². The van der Waals surface area contributed by atoms with E-state index in [9.17, 15) is 13.5 Å². The van der Waals surface area contributed by atoms with Gasteiger partial charge in [0.15, 0.2) is 11.4 Å². The molecule has 1 aromatic heterocycles. The minimum absolute atomic E-state index is 0.0160. The van der Waals surface area contributed by atoms with E-state index >= 15 is 0 Å². The van der Waals surface area contributed by atoms with Gasteiger partial charge in [0.2, 0.25) is 10.0 Å². The third-order valence-electron chi connectivity index (χ3n) is 7.92. The highest BCUT2D eigenvalue weighted by Gasteiger charge is 2.38. The van der Waals surface area contributed by atoms with E-state index in [-0.39, 0.29) is 36.2 Å². The first-order chi connectivity index (χ1) is 21.9. The van der Waals surface area contributed by atoms with Crippen molar-refractivity contribution < 1.29 is 23.0 Å². The van der Waals surface area contributed by atoms with Gasteiger partial charge in [0.1, 0.15) is 6.33 Å². The van der Waals surface area contributed by atoms with Crippen molar-refractivity contribution in [2.24, 2.45) is 5.92 Å². The molecule has 0 radical (unpaired) electrons. The Morgan fingerprint density at radius 1 is 0.889 bits per heavy atom. The fourth-order valence-electron chi connectivity index (χ4n) is 5.37. The molecule has 1 aliphatic rings. The number of aromatic amines is 1. The van der Waals surface area contributed by atoms with Gasteiger partial charge in [0.05, 0.1) is 23.7 Å².